The highest BCUT2D eigenvalue weighted by molar-refractivity contribution is 5.98. The molecule has 1 aromatic rings. The molecule has 1 aromatic carbocycles. The summed E-state index contributed by atoms with van der Waals surface area (Å²) in [4.78, 5) is 24.0. The molecule has 1 fully saturated rings. The van der Waals surface area contributed by atoms with Crippen molar-refractivity contribution in [2.75, 3.05) is 18.6 Å². The number of nitrogens with zero attached hydrogens (tertiary/aromatic N) is 2. The maximum absolute atomic E-state index is 12.9. The Balaban J connectivity index is 0.00000139. The number of alkyl halides is 3. The van der Waals surface area contributed by atoms with Crippen LogP contribution in [0.5, 0.6) is 0 Å². The summed E-state index contributed by atoms with van der Waals surface area (Å²) in [6, 6.07) is 2.95. The average molecular weight is 344 g/mol. The van der Waals surface area contributed by atoms with Crippen LogP contribution in [-0.4, -0.2) is 31.8 Å². The van der Waals surface area contributed by atoms with E-state index in [9.17, 15) is 22.8 Å². The Kier molecular flexibility index (Phi) is 6.17. The smallest absolute Gasteiger partial charge is 0.417 e. The van der Waals surface area contributed by atoms with Gasteiger partial charge in [0.1, 0.15) is 6.61 Å². The molecule has 0 radical (unpaired) electrons. The highest BCUT2D eigenvalue weighted by atomic mass is 19.4. The lowest BCUT2D eigenvalue weighted by molar-refractivity contribution is -0.142. The number of hydrogen-bond donors (Lipinski definition) is 0. The minimum absolute atomic E-state index is 0.204. The first-order valence-electron chi connectivity index (χ1n) is 6.94. The summed E-state index contributed by atoms with van der Waals surface area (Å²) in [5.41, 5.74) is -1.99. The van der Waals surface area contributed by atoms with Crippen molar-refractivity contribution in [1.29, 1.82) is 5.26 Å². The van der Waals surface area contributed by atoms with Gasteiger partial charge in [-0.1, -0.05) is 13.8 Å². The van der Waals surface area contributed by atoms with Crippen LogP contribution in [0, 0.1) is 11.3 Å². The van der Waals surface area contributed by atoms with Gasteiger partial charge in [0.15, 0.2) is 6.04 Å². The van der Waals surface area contributed by atoms with Gasteiger partial charge < -0.3 is 9.47 Å². The number of carbonyl (C=O) groups is 2. The molecule has 24 heavy (non-hydrogen) atoms. The molecule has 1 aliphatic heterocycles. The van der Waals surface area contributed by atoms with Crippen molar-refractivity contribution in [3.05, 3.63) is 29.3 Å². The van der Waals surface area contributed by atoms with Crippen LogP contribution in [0.2, 0.25) is 0 Å². The van der Waals surface area contributed by atoms with Gasteiger partial charge >= 0.3 is 18.2 Å². The number of carbonyl (C=O) groups excluding carboxylic acids is 2. The van der Waals surface area contributed by atoms with Crippen molar-refractivity contribution in [1.82, 2.24) is 0 Å². The molecule has 130 valence electrons. The van der Waals surface area contributed by atoms with E-state index < -0.39 is 35.4 Å². The number of nitriles is 1. The van der Waals surface area contributed by atoms with E-state index in [2.05, 4.69) is 9.47 Å². The van der Waals surface area contributed by atoms with Crippen LogP contribution in [0.3, 0.4) is 0 Å². The molecule has 0 aromatic heterocycles. The molecule has 6 nitrogen and oxygen atoms in total. The van der Waals surface area contributed by atoms with Gasteiger partial charge in [-0.15, -0.1) is 0 Å². The van der Waals surface area contributed by atoms with Gasteiger partial charge in [-0.05, 0) is 18.2 Å². The van der Waals surface area contributed by atoms with Crippen molar-refractivity contribution in [3.63, 3.8) is 0 Å². The number of rotatable bonds is 2. The number of esters is 1. The number of hydrogen-bond acceptors (Lipinski definition) is 5. The third-order valence-corrected chi connectivity index (χ3v) is 3.05. The third-order valence-electron chi connectivity index (χ3n) is 3.05. The van der Waals surface area contributed by atoms with Crippen molar-refractivity contribution in [2.24, 2.45) is 0 Å². The zero-order valence-electron chi connectivity index (χ0n) is 13.2. The maximum atomic E-state index is 12.9. The molecule has 1 saturated heterocycles. The van der Waals surface area contributed by atoms with E-state index in [1.54, 1.807) is 0 Å². The quantitative estimate of drug-likeness (QED) is 0.770. The molecular formula is C15H15F3N2O4. The van der Waals surface area contributed by atoms with Crippen molar-refractivity contribution in [2.45, 2.75) is 26.1 Å². The Labute approximate surface area is 136 Å². The summed E-state index contributed by atoms with van der Waals surface area (Å²) in [6.45, 7) is 3.67. The molecule has 1 unspecified atom stereocenters. The number of halogens is 3. The molecule has 1 amide bonds. The fraction of sp³-hybridized carbons (Fsp3) is 0.400. The molecule has 1 atom stereocenters. The van der Waals surface area contributed by atoms with E-state index >= 15 is 0 Å². The predicted molar refractivity (Wildman–Crippen MR) is 77.1 cm³/mol. The Bertz CT molecular complexity index is 668. The molecular weight excluding hydrogens is 329 g/mol. The maximum Gasteiger partial charge on any atom is 0.417 e. The van der Waals surface area contributed by atoms with Gasteiger partial charge in [0, 0.05) is 5.69 Å². The number of ether oxygens (including phenoxy) is 2. The van der Waals surface area contributed by atoms with Crippen LogP contribution in [-0.2, 0) is 20.4 Å². The summed E-state index contributed by atoms with van der Waals surface area (Å²) in [7, 11) is 1.09. The molecule has 2 rings (SSSR count). The Morgan fingerprint density at radius 1 is 1.42 bits per heavy atom. The first-order chi connectivity index (χ1) is 11.3. The first kappa shape index (κ1) is 19.3. The predicted octanol–water partition coefficient (Wildman–Crippen LogP) is 3.10. The number of cyclic esters (lactones) is 1. The molecule has 9 heteroatoms. The van der Waals surface area contributed by atoms with Gasteiger partial charge in [0.25, 0.3) is 0 Å². The second-order valence-corrected chi connectivity index (χ2v) is 4.33. The van der Waals surface area contributed by atoms with Crippen molar-refractivity contribution < 1.29 is 32.2 Å². The van der Waals surface area contributed by atoms with Crippen LogP contribution in [0.4, 0.5) is 23.7 Å². The number of methoxy groups -OCH3 is 1. The molecule has 0 N–H and O–H groups in total. The van der Waals surface area contributed by atoms with Gasteiger partial charge in [0.2, 0.25) is 0 Å². The number of anilines is 1. The largest absolute Gasteiger partial charge is 0.467 e. The lowest BCUT2D eigenvalue weighted by Crippen LogP contribution is -2.40. The van der Waals surface area contributed by atoms with E-state index in [1.165, 1.54) is 6.07 Å². The zero-order chi connectivity index (χ0) is 18.5. The standard InChI is InChI=1S/C13H9F3N2O4.C2H6/c1-21-11(19)10-6-22-12(20)18(10)8-3-2-7(5-17)9(4-8)13(14,15)16;1-2/h2-4,10H,6H2,1H3;1-2H3. The third kappa shape index (κ3) is 3.76. The van der Waals surface area contributed by atoms with Gasteiger partial charge in [-0.25, -0.2) is 9.59 Å². The van der Waals surface area contributed by atoms with Crippen LogP contribution in [0.15, 0.2) is 18.2 Å². The Morgan fingerprint density at radius 2 is 2.04 bits per heavy atom. The molecule has 0 spiro atoms. The number of benzene rings is 1. The molecule has 1 heterocycles. The highest BCUT2D eigenvalue weighted by Gasteiger charge is 2.41. The Morgan fingerprint density at radius 3 is 2.54 bits per heavy atom. The average Bonchev–Trinajstić information content (AvgIpc) is 2.96. The molecule has 0 aliphatic carbocycles. The summed E-state index contributed by atoms with van der Waals surface area (Å²) < 4.78 is 48.0. The second kappa shape index (κ2) is 7.68. The highest BCUT2D eigenvalue weighted by Crippen LogP contribution is 2.35. The summed E-state index contributed by atoms with van der Waals surface area (Å²) in [5.74, 6) is -0.816. The lowest BCUT2D eigenvalue weighted by Gasteiger charge is -2.21. The molecule has 1 aliphatic rings. The van der Waals surface area contributed by atoms with Crippen LogP contribution >= 0.6 is 0 Å². The van der Waals surface area contributed by atoms with Crippen molar-refractivity contribution >= 4 is 17.7 Å². The van der Waals surface area contributed by atoms with E-state index in [0.717, 1.165) is 24.1 Å². The molecule has 0 bridgehead atoms. The van der Waals surface area contributed by atoms with Gasteiger partial charge in [0.05, 0.1) is 24.3 Å². The SMILES string of the molecule is CC.COC(=O)C1COC(=O)N1c1ccc(C#N)c(C(F)(F)F)c1. The van der Waals surface area contributed by atoms with E-state index in [0.29, 0.717) is 6.07 Å². The van der Waals surface area contributed by atoms with Crippen molar-refractivity contribution in [3.8, 4) is 6.07 Å². The summed E-state index contributed by atoms with van der Waals surface area (Å²) in [6.07, 6.45) is -5.74. The first-order valence-corrected chi connectivity index (χ1v) is 6.94. The van der Waals surface area contributed by atoms with Gasteiger partial charge in [-0.2, -0.15) is 18.4 Å². The summed E-state index contributed by atoms with van der Waals surface area (Å²) >= 11 is 0. The van der Waals surface area contributed by atoms with Gasteiger partial charge in [-0.3, -0.25) is 4.90 Å². The second-order valence-electron chi connectivity index (χ2n) is 4.33. The van der Waals surface area contributed by atoms with E-state index in [4.69, 9.17) is 5.26 Å². The lowest BCUT2D eigenvalue weighted by atomic mass is 10.1. The van der Waals surface area contributed by atoms with E-state index in [-0.39, 0.29) is 12.3 Å². The topological polar surface area (TPSA) is 79.6 Å². The Hall–Kier alpha value is -2.76. The minimum atomic E-state index is -4.77. The monoisotopic (exact) mass is 344 g/mol. The normalized spacial score (nSPS) is 16.6. The van der Waals surface area contributed by atoms with Crippen LogP contribution < -0.4 is 4.90 Å². The summed E-state index contributed by atoms with van der Waals surface area (Å²) in [5, 5.41) is 8.74. The fourth-order valence-corrected chi connectivity index (χ4v) is 2.03. The van der Waals surface area contributed by atoms with Crippen LogP contribution in [0.25, 0.3) is 0 Å². The van der Waals surface area contributed by atoms with E-state index in [1.807, 2.05) is 13.8 Å². The van der Waals surface area contributed by atoms with Crippen LogP contribution in [0.1, 0.15) is 25.0 Å². The fourth-order valence-electron chi connectivity index (χ4n) is 2.03. The minimum Gasteiger partial charge on any atom is -0.467 e. The zero-order valence-corrected chi connectivity index (χ0v) is 13.2. The molecule has 0 saturated carbocycles. The number of amides is 1.